The number of halogens is 1. The van der Waals surface area contributed by atoms with Crippen molar-refractivity contribution >= 4 is 43.9 Å². The monoisotopic (exact) mass is 406 g/mol. The summed E-state index contributed by atoms with van der Waals surface area (Å²) >= 11 is 2.31. The fraction of sp³-hybridized carbons (Fsp3) is 0.357. The van der Waals surface area contributed by atoms with E-state index in [2.05, 4.69) is 52.5 Å². The molecule has 1 aliphatic rings. The number of hydrogen-bond acceptors (Lipinski definition) is 2. The van der Waals surface area contributed by atoms with Gasteiger partial charge in [0.25, 0.3) is 0 Å². The molecule has 110 valence electrons. The summed E-state index contributed by atoms with van der Waals surface area (Å²) in [5, 5.41) is 3.50. The topological polar surface area (TPSA) is 60.0 Å². The first kappa shape index (κ1) is 15.7. The highest BCUT2D eigenvalue weighted by Gasteiger charge is 2.39. The molecule has 1 aromatic rings. The fourth-order valence-electron chi connectivity index (χ4n) is 2.52. The molecule has 1 saturated heterocycles. The van der Waals surface area contributed by atoms with Crippen molar-refractivity contribution in [1.29, 1.82) is 0 Å². The van der Waals surface area contributed by atoms with Crippen molar-refractivity contribution in [1.82, 2.24) is 9.62 Å². The minimum Gasteiger partial charge on any atom is -0.361 e. The van der Waals surface area contributed by atoms with Gasteiger partial charge in [0.2, 0.25) is 0 Å². The van der Waals surface area contributed by atoms with Gasteiger partial charge in [-0.3, -0.25) is 4.31 Å². The molecule has 1 heterocycles. The second-order valence-corrected chi connectivity index (χ2v) is 8.90. The van der Waals surface area contributed by atoms with Crippen molar-refractivity contribution in [3.8, 4) is 0 Å². The van der Waals surface area contributed by atoms with Crippen molar-refractivity contribution in [3.63, 3.8) is 0 Å². The van der Waals surface area contributed by atoms with E-state index >= 15 is 0 Å². The molecule has 1 aliphatic heterocycles. The molecule has 0 aromatic heterocycles. The lowest BCUT2D eigenvalue weighted by Gasteiger charge is -2.44. The van der Waals surface area contributed by atoms with E-state index in [9.17, 15) is 4.21 Å². The molecule has 6 heteroatoms. The van der Waals surface area contributed by atoms with Crippen LogP contribution >= 0.6 is 22.6 Å². The van der Waals surface area contributed by atoms with E-state index in [4.69, 9.17) is 0 Å². The van der Waals surface area contributed by atoms with Gasteiger partial charge in [-0.2, -0.15) is 0 Å². The van der Waals surface area contributed by atoms with Crippen LogP contribution in [0.5, 0.6) is 0 Å². The summed E-state index contributed by atoms with van der Waals surface area (Å²) in [6, 6.07) is 6.09. The summed E-state index contributed by atoms with van der Waals surface area (Å²) in [6.07, 6.45) is 1.93. The molecule has 20 heavy (non-hydrogen) atoms. The summed E-state index contributed by atoms with van der Waals surface area (Å²) in [6.45, 7) is 4.01. The predicted molar refractivity (Wildman–Crippen MR) is 93.8 cm³/mol. The van der Waals surface area contributed by atoms with Gasteiger partial charge in [-0.15, -0.1) is 0 Å². The van der Waals surface area contributed by atoms with E-state index in [-0.39, 0.29) is 0 Å². The Morgan fingerprint density at radius 2 is 2.25 bits per heavy atom. The second-order valence-electron chi connectivity index (χ2n) is 5.36. The van der Waals surface area contributed by atoms with Gasteiger partial charge in [0.05, 0.1) is 21.0 Å². The molecule has 0 saturated carbocycles. The quantitative estimate of drug-likeness (QED) is 0.548. The van der Waals surface area contributed by atoms with Crippen LogP contribution in [0, 0.1) is 3.57 Å². The van der Waals surface area contributed by atoms with Gasteiger partial charge < -0.3 is 11.1 Å². The Hall–Kier alpha value is -0.730. The Kier molecular flexibility index (Phi) is 4.10. The van der Waals surface area contributed by atoms with Crippen LogP contribution in [0.2, 0.25) is 0 Å². The number of benzene rings is 1. The molecule has 0 aliphatic carbocycles. The maximum Gasteiger partial charge on any atom is 0.128 e. The van der Waals surface area contributed by atoms with E-state index in [1.165, 1.54) is 0 Å². The number of rotatable bonds is 1. The smallest absolute Gasteiger partial charge is 0.128 e. The lowest BCUT2D eigenvalue weighted by atomic mass is 9.93. The zero-order chi connectivity index (χ0) is 15.1. The third-order valence-corrected chi connectivity index (χ3v) is 6.82. The van der Waals surface area contributed by atoms with E-state index in [0.717, 1.165) is 20.6 Å². The van der Waals surface area contributed by atoms with Gasteiger partial charge in [0.15, 0.2) is 0 Å². The number of hydrogen-bond donors (Lipinski definition) is 2. The maximum absolute atomic E-state index is 12.8. The maximum atomic E-state index is 12.8. The Labute approximate surface area is 134 Å². The van der Waals surface area contributed by atoms with Crippen molar-refractivity contribution in [2.75, 3.05) is 12.8 Å². The Morgan fingerprint density at radius 3 is 2.85 bits per heavy atom. The van der Waals surface area contributed by atoms with E-state index in [1.54, 1.807) is 4.31 Å². The average molecular weight is 406 g/mol. The predicted octanol–water partition coefficient (Wildman–Crippen LogP) is 1.41. The zero-order valence-corrected chi connectivity index (χ0v) is 15.0. The van der Waals surface area contributed by atoms with Crippen molar-refractivity contribution < 1.29 is 9.94 Å². The van der Waals surface area contributed by atoms with Gasteiger partial charge in [-0.1, -0.05) is 0 Å². The van der Waals surface area contributed by atoms with Crippen LogP contribution in [-0.2, 0) is 15.2 Å². The largest absolute Gasteiger partial charge is 0.361 e. The van der Waals surface area contributed by atoms with Crippen molar-refractivity contribution in [3.05, 3.63) is 39.2 Å². The first-order valence-electron chi connectivity index (χ1n) is 6.35. The molecule has 0 amide bonds. The van der Waals surface area contributed by atoms with Crippen LogP contribution in [0.1, 0.15) is 19.4 Å². The van der Waals surface area contributed by atoms with Crippen LogP contribution in [0.15, 0.2) is 30.1 Å². The third-order valence-electron chi connectivity index (χ3n) is 3.66. The summed E-state index contributed by atoms with van der Waals surface area (Å²) < 4.78 is 15.7. The number of nitrogens with one attached hydrogen (secondary N) is 1. The lowest BCUT2D eigenvalue weighted by Crippen LogP contribution is -2.56. The lowest BCUT2D eigenvalue weighted by molar-refractivity contribution is -0.254. The molecular formula is C14H21IN3OS+. The first-order chi connectivity index (χ1) is 9.19. The minimum atomic E-state index is -2.33. The van der Waals surface area contributed by atoms with Crippen LogP contribution in [0.3, 0.4) is 0 Å². The Morgan fingerprint density at radius 1 is 1.60 bits per heavy atom. The molecule has 0 bridgehead atoms. The molecule has 1 fully saturated rings. The van der Waals surface area contributed by atoms with Crippen molar-refractivity contribution in [2.45, 2.75) is 19.4 Å². The zero-order valence-electron chi connectivity index (χ0n) is 12.1. The molecule has 1 aromatic carbocycles. The summed E-state index contributed by atoms with van der Waals surface area (Å²) in [4.78, 5) is 0. The number of allylic oxidation sites excluding steroid dienone is 1. The van der Waals surface area contributed by atoms with Crippen LogP contribution in [0.25, 0.3) is 0 Å². The molecule has 4 nitrogen and oxygen atoms in total. The Balaban J connectivity index is 2.58. The molecule has 2 atom stereocenters. The highest BCUT2D eigenvalue weighted by molar-refractivity contribution is 14.1. The summed E-state index contributed by atoms with van der Waals surface area (Å²) in [7, 11) is -0.510. The van der Waals surface area contributed by atoms with Gasteiger partial charge in [0, 0.05) is 16.7 Å². The number of quaternary nitrogens is 1. The van der Waals surface area contributed by atoms with Crippen LogP contribution in [0.4, 0.5) is 5.69 Å². The molecule has 4 N–H and O–H groups in total. The van der Waals surface area contributed by atoms with Crippen LogP contribution < -0.4 is 11.1 Å². The standard InChI is InChI=1S/C14H20IN3OS/c1-5-13-17-14(2,9-20(4,19)18(13)3)11-8-10(16)6-7-12(11)15/h5-8,17H,4,9,16H2,1-3H3/p+1. The van der Waals surface area contributed by atoms with E-state index in [1.807, 2.05) is 32.2 Å². The third kappa shape index (κ3) is 2.68. The summed E-state index contributed by atoms with van der Waals surface area (Å²) in [5.41, 5.74) is 5.67. The summed E-state index contributed by atoms with van der Waals surface area (Å²) in [5.74, 6) is 5.25. The second kappa shape index (κ2) is 5.23. The van der Waals surface area contributed by atoms with Gasteiger partial charge >= 0.3 is 0 Å². The van der Waals surface area contributed by atoms with E-state index < -0.39 is 15.2 Å². The molecule has 2 unspecified atom stereocenters. The highest BCUT2D eigenvalue weighted by atomic mass is 127. The minimum absolute atomic E-state index is 0.405. The molecular weight excluding hydrogens is 385 g/mol. The first-order valence-corrected chi connectivity index (χ1v) is 9.28. The normalized spacial score (nSPS) is 32.2. The number of nitrogens with zero attached hydrogens (tertiary/aromatic N) is 1. The average Bonchev–Trinajstić information content (AvgIpc) is 2.36. The van der Waals surface area contributed by atoms with E-state index in [0.29, 0.717) is 5.75 Å². The molecule has 0 spiro atoms. The fourth-order valence-corrected chi connectivity index (χ4v) is 5.28. The van der Waals surface area contributed by atoms with Crippen molar-refractivity contribution in [2.24, 2.45) is 0 Å². The van der Waals surface area contributed by atoms with Crippen LogP contribution in [-0.4, -0.2) is 27.2 Å². The Bertz CT molecular complexity index is 669. The van der Waals surface area contributed by atoms with Gasteiger partial charge in [-0.25, -0.2) is 4.21 Å². The SMILES string of the molecule is C=S1(=O)CC(C)(c2cc([NH3+])ccc2I)NC(=CC)N1C. The van der Waals surface area contributed by atoms with Gasteiger partial charge in [0.1, 0.15) is 11.5 Å². The molecule has 2 rings (SSSR count). The van der Waals surface area contributed by atoms with Gasteiger partial charge in [-0.05, 0) is 66.1 Å². The highest BCUT2D eigenvalue weighted by Crippen LogP contribution is 2.34. The molecule has 0 radical (unpaired) electrons.